The highest BCUT2D eigenvalue weighted by atomic mass is 35.5. The highest BCUT2D eigenvalue weighted by Gasteiger charge is 2.14. The van der Waals surface area contributed by atoms with Gasteiger partial charge in [-0.1, -0.05) is 17.7 Å². The molecule has 0 aliphatic rings. The standard InChI is InChI=1S/C14H16ClN3O2/c1-10-11(7-16-17(10)2)8-18(9-14(19)20)13-5-3-4-12(15)6-13/h3-7H,8-9H2,1-2H3,(H,19,20). The normalized spacial score (nSPS) is 10.6. The molecule has 0 amide bonds. The lowest BCUT2D eigenvalue weighted by Gasteiger charge is -2.23. The van der Waals surface area contributed by atoms with Gasteiger partial charge in [-0.05, 0) is 25.1 Å². The lowest BCUT2D eigenvalue weighted by atomic mass is 10.2. The number of halogens is 1. The summed E-state index contributed by atoms with van der Waals surface area (Å²) in [5, 5.41) is 13.8. The minimum atomic E-state index is -0.883. The van der Waals surface area contributed by atoms with Gasteiger partial charge in [0.15, 0.2) is 0 Å². The molecule has 0 fully saturated rings. The summed E-state index contributed by atoms with van der Waals surface area (Å²) < 4.78 is 1.77. The van der Waals surface area contributed by atoms with Gasteiger partial charge >= 0.3 is 5.97 Å². The minimum Gasteiger partial charge on any atom is -0.480 e. The number of aliphatic carboxylic acids is 1. The van der Waals surface area contributed by atoms with Crippen molar-refractivity contribution in [3.05, 3.63) is 46.7 Å². The average Bonchev–Trinajstić information content (AvgIpc) is 2.69. The number of carboxylic acids is 1. The van der Waals surface area contributed by atoms with Crippen LogP contribution in [0.4, 0.5) is 5.69 Å². The number of hydrogen-bond donors (Lipinski definition) is 1. The maximum Gasteiger partial charge on any atom is 0.323 e. The molecule has 0 radical (unpaired) electrons. The Kier molecular flexibility index (Phi) is 4.29. The maximum atomic E-state index is 11.1. The molecular weight excluding hydrogens is 278 g/mol. The molecule has 0 atom stereocenters. The summed E-state index contributed by atoms with van der Waals surface area (Å²) in [4.78, 5) is 12.8. The molecule has 106 valence electrons. The van der Waals surface area contributed by atoms with E-state index in [2.05, 4.69) is 5.10 Å². The highest BCUT2D eigenvalue weighted by molar-refractivity contribution is 6.30. The molecule has 5 nitrogen and oxygen atoms in total. The van der Waals surface area contributed by atoms with Gasteiger partial charge in [0.25, 0.3) is 0 Å². The van der Waals surface area contributed by atoms with Gasteiger partial charge in [0.1, 0.15) is 6.54 Å². The maximum absolute atomic E-state index is 11.1. The predicted octanol–water partition coefficient (Wildman–Crippen LogP) is 2.47. The predicted molar refractivity (Wildman–Crippen MR) is 78.1 cm³/mol. The van der Waals surface area contributed by atoms with Crippen LogP contribution in [0.2, 0.25) is 5.02 Å². The van der Waals surface area contributed by atoms with Crippen LogP contribution in [0.25, 0.3) is 0 Å². The number of aromatic nitrogens is 2. The van der Waals surface area contributed by atoms with Gasteiger partial charge in [-0.2, -0.15) is 5.10 Å². The van der Waals surface area contributed by atoms with Crippen molar-refractivity contribution >= 4 is 23.3 Å². The molecule has 0 spiro atoms. The van der Waals surface area contributed by atoms with Crippen molar-refractivity contribution in [2.24, 2.45) is 7.05 Å². The lowest BCUT2D eigenvalue weighted by molar-refractivity contribution is -0.135. The number of benzene rings is 1. The molecule has 1 aromatic heterocycles. The van der Waals surface area contributed by atoms with E-state index in [9.17, 15) is 4.79 Å². The van der Waals surface area contributed by atoms with Crippen LogP contribution in [0.1, 0.15) is 11.3 Å². The summed E-state index contributed by atoms with van der Waals surface area (Å²) in [6.07, 6.45) is 1.76. The zero-order valence-electron chi connectivity index (χ0n) is 11.4. The summed E-state index contributed by atoms with van der Waals surface area (Å²) in [5.74, 6) is -0.883. The van der Waals surface area contributed by atoms with Gasteiger partial charge in [-0.15, -0.1) is 0 Å². The van der Waals surface area contributed by atoms with E-state index in [1.807, 2.05) is 26.1 Å². The monoisotopic (exact) mass is 293 g/mol. The molecule has 0 saturated heterocycles. The fourth-order valence-corrected chi connectivity index (χ4v) is 2.16. The van der Waals surface area contributed by atoms with Crippen LogP contribution >= 0.6 is 11.6 Å². The summed E-state index contributed by atoms with van der Waals surface area (Å²) in [5.41, 5.74) is 2.79. The van der Waals surface area contributed by atoms with Crippen LogP contribution in [-0.2, 0) is 18.4 Å². The topological polar surface area (TPSA) is 58.4 Å². The Hall–Kier alpha value is -2.01. The van der Waals surface area contributed by atoms with Crippen molar-refractivity contribution in [1.29, 1.82) is 0 Å². The number of nitrogens with zero attached hydrogens (tertiary/aromatic N) is 3. The second-order valence-corrected chi connectivity index (χ2v) is 5.04. The van der Waals surface area contributed by atoms with E-state index in [0.717, 1.165) is 16.9 Å². The number of carbonyl (C=O) groups is 1. The number of hydrogen-bond acceptors (Lipinski definition) is 3. The van der Waals surface area contributed by atoms with Crippen LogP contribution in [0.15, 0.2) is 30.5 Å². The molecular formula is C14H16ClN3O2. The molecule has 2 aromatic rings. The first-order chi connectivity index (χ1) is 9.47. The van der Waals surface area contributed by atoms with Gasteiger partial charge in [0.2, 0.25) is 0 Å². The summed E-state index contributed by atoms with van der Waals surface area (Å²) >= 11 is 5.97. The van der Waals surface area contributed by atoms with E-state index in [1.165, 1.54) is 0 Å². The van der Waals surface area contributed by atoms with Gasteiger partial charge < -0.3 is 10.0 Å². The molecule has 20 heavy (non-hydrogen) atoms. The molecule has 0 bridgehead atoms. The van der Waals surface area contributed by atoms with E-state index < -0.39 is 5.97 Å². The second kappa shape index (κ2) is 5.96. The zero-order valence-corrected chi connectivity index (χ0v) is 12.1. The molecule has 6 heteroatoms. The Morgan fingerprint density at radius 2 is 2.25 bits per heavy atom. The first kappa shape index (κ1) is 14.4. The van der Waals surface area contributed by atoms with E-state index in [-0.39, 0.29) is 6.54 Å². The van der Waals surface area contributed by atoms with Crippen LogP contribution in [0.3, 0.4) is 0 Å². The van der Waals surface area contributed by atoms with Crippen molar-refractivity contribution in [3.8, 4) is 0 Å². The Morgan fingerprint density at radius 3 is 2.80 bits per heavy atom. The van der Waals surface area contributed by atoms with Crippen LogP contribution < -0.4 is 4.90 Å². The largest absolute Gasteiger partial charge is 0.480 e. The van der Waals surface area contributed by atoms with Crippen molar-refractivity contribution in [3.63, 3.8) is 0 Å². The van der Waals surface area contributed by atoms with E-state index >= 15 is 0 Å². The SMILES string of the molecule is Cc1c(CN(CC(=O)O)c2cccc(Cl)c2)cnn1C. The van der Waals surface area contributed by atoms with Crippen molar-refractivity contribution < 1.29 is 9.90 Å². The van der Waals surface area contributed by atoms with Gasteiger partial charge in [0.05, 0.1) is 6.20 Å². The number of anilines is 1. The summed E-state index contributed by atoms with van der Waals surface area (Å²) in [7, 11) is 1.86. The third-order valence-corrected chi connectivity index (χ3v) is 3.43. The van der Waals surface area contributed by atoms with Crippen LogP contribution in [0, 0.1) is 6.92 Å². The zero-order chi connectivity index (χ0) is 14.7. The Labute approximate surface area is 122 Å². The van der Waals surface area contributed by atoms with Gasteiger partial charge in [-0.3, -0.25) is 9.48 Å². The molecule has 1 heterocycles. The Balaban J connectivity index is 2.28. The minimum absolute atomic E-state index is 0.0886. The van der Waals surface area contributed by atoms with Crippen molar-refractivity contribution in [1.82, 2.24) is 9.78 Å². The molecule has 1 N–H and O–H groups in total. The Bertz CT molecular complexity index is 625. The average molecular weight is 294 g/mol. The van der Waals surface area contributed by atoms with Gasteiger partial charge in [0, 0.05) is 35.6 Å². The summed E-state index contributed by atoms with van der Waals surface area (Å²) in [6, 6.07) is 7.18. The number of rotatable bonds is 5. The first-order valence-electron chi connectivity index (χ1n) is 6.17. The fourth-order valence-electron chi connectivity index (χ4n) is 1.98. The third-order valence-electron chi connectivity index (χ3n) is 3.20. The molecule has 1 aromatic carbocycles. The quantitative estimate of drug-likeness (QED) is 0.920. The van der Waals surface area contributed by atoms with Crippen molar-refractivity contribution in [2.75, 3.05) is 11.4 Å². The number of aryl methyl sites for hydroxylation is 1. The van der Waals surface area contributed by atoms with Gasteiger partial charge in [-0.25, -0.2) is 0 Å². The third kappa shape index (κ3) is 3.30. The number of carboxylic acid groups (broad SMARTS) is 1. The lowest BCUT2D eigenvalue weighted by Crippen LogP contribution is -2.29. The van der Waals surface area contributed by atoms with Crippen LogP contribution in [-0.4, -0.2) is 27.4 Å². The van der Waals surface area contributed by atoms with E-state index in [4.69, 9.17) is 16.7 Å². The highest BCUT2D eigenvalue weighted by Crippen LogP contribution is 2.22. The van der Waals surface area contributed by atoms with E-state index in [1.54, 1.807) is 27.9 Å². The smallest absolute Gasteiger partial charge is 0.323 e. The van der Waals surface area contributed by atoms with Crippen LogP contribution in [0.5, 0.6) is 0 Å². The molecule has 2 rings (SSSR count). The summed E-state index contributed by atoms with van der Waals surface area (Å²) in [6.45, 7) is 2.35. The molecule has 0 aliphatic carbocycles. The van der Waals surface area contributed by atoms with Crippen molar-refractivity contribution in [2.45, 2.75) is 13.5 Å². The Morgan fingerprint density at radius 1 is 1.50 bits per heavy atom. The van der Waals surface area contributed by atoms with E-state index in [0.29, 0.717) is 11.6 Å². The second-order valence-electron chi connectivity index (χ2n) is 4.61. The molecule has 0 unspecified atom stereocenters. The fraction of sp³-hybridized carbons (Fsp3) is 0.286. The molecule has 0 aliphatic heterocycles. The first-order valence-corrected chi connectivity index (χ1v) is 6.55. The molecule has 0 saturated carbocycles.